The summed E-state index contributed by atoms with van der Waals surface area (Å²) in [4.78, 5) is 5.81. The fourth-order valence-corrected chi connectivity index (χ4v) is 3.98. The lowest BCUT2D eigenvalue weighted by atomic mass is 10.0. The Balaban J connectivity index is 2.03. The quantitative estimate of drug-likeness (QED) is 0.944. The molecule has 0 radical (unpaired) electrons. The number of likely N-dealkylation sites (tertiary alicyclic amines) is 1. The summed E-state index contributed by atoms with van der Waals surface area (Å²) in [6, 6.07) is 5.80. The van der Waals surface area contributed by atoms with E-state index in [1.807, 2.05) is 25.1 Å². The van der Waals surface area contributed by atoms with Crippen LogP contribution in [0.4, 0.5) is 0 Å². The average Bonchev–Trinajstić information content (AvgIpc) is 3.03. The molecule has 3 rings (SSSR count). The van der Waals surface area contributed by atoms with Crippen LogP contribution in [0.15, 0.2) is 23.1 Å². The molecule has 2 aromatic rings. The summed E-state index contributed by atoms with van der Waals surface area (Å²) >= 11 is 0. The number of hydrogen-bond acceptors (Lipinski definition) is 2. The SMILES string of the molecule is [2H]C([2H])([2H])N1CCC[C@@H]1Cc1c(C)[nH]c2cccc(S(C)=O)c12. The van der Waals surface area contributed by atoms with Gasteiger partial charge in [0.25, 0.3) is 0 Å². The van der Waals surface area contributed by atoms with Crippen molar-refractivity contribution in [2.24, 2.45) is 0 Å². The molecule has 0 aliphatic carbocycles. The van der Waals surface area contributed by atoms with E-state index in [-0.39, 0.29) is 6.04 Å². The Morgan fingerprint density at radius 2 is 2.40 bits per heavy atom. The van der Waals surface area contributed by atoms with Crippen molar-refractivity contribution in [1.29, 1.82) is 0 Å². The zero-order chi connectivity index (χ0) is 16.8. The first-order valence-corrected chi connectivity index (χ1v) is 8.55. The number of nitrogens with one attached hydrogen (secondary N) is 1. The van der Waals surface area contributed by atoms with Gasteiger partial charge in [-0.3, -0.25) is 4.21 Å². The molecule has 0 saturated carbocycles. The highest BCUT2D eigenvalue weighted by Gasteiger charge is 2.24. The molecule has 1 saturated heterocycles. The van der Waals surface area contributed by atoms with Crippen LogP contribution in [0.3, 0.4) is 0 Å². The van der Waals surface area contributed by atoms with Gasteiger partial charge in [0.15, 0.2) is 0 Å². The van der Waals surface area contributed by atoms with Gasteiger partial charge in [-0.2, -0.15) is 0 Å². The van der Waals surface area contributed by atoms with Crippen molar-refractivity contribution in [1.82, 2.24) is 9.88 Å². The van der Waals surface area contributed by atoms with Gasteiger partial charge in [0.1, 0.15) is 0 Å². The Morgan fingerprint density at radius 1 is 1.55 bits per heavy atom. The molecule has 1 fully saturated rings. The summed E-state index contributed by atoms with van der Waals surface area (Å²) in [6.45, 7) is 0.582. The van der Waals surface area contributed by atoms with E-state index in [9.17, 15) is 4.21 Å². The molecule has 1 N–H and O–H groups in total. The van der Waals surface area contributed by atoms with E-state index in [1.54, 1.807) is 11.2 Å². The van der Waals surface area contributed by atoms with Crippen LogP contribution in [0.25, 0.3) is 10.9 Å². The van der Waals surface area contributed by atoms with Crippen molar-refractivity contribution in [2.45, 2.75) is 37.1 Å². The highest BCUT2D eigenvalue weighted by molar-refractivity contribution is 7.84. The molecule has 1 aromatic carbocycles. The van der Waals surface area contributed by atoms with Crippen LogP contribution in [0.1, 0.15) is 28.2 Å². The average molecular weight is 293 g/mol. The molecule has 1 aliphatic heterocycles. The summed E-state index contributed by atoms with van der Waals surface area (Å²) in [5.41, 5.74) is 3.12. The minimum atomic E-state index is -2.04. The smallest absolute Gasteiger partial charge is 0.0505 e. The fourth-order valence-electron chi connectivity index (χ4n) is 3.19. The lowest BCUT2D eigenvalue weighted by molar-refractivity contribution is 0.309. The van der Waals surface area contributed by atoms with E-state index >= 15 is 0 Å². The Hall–Kier alpha value is -1.13. The molecule has 1 aromatic heterocycles. The van der Waals surface area contributed by atoms with Crippen molar-refractivity contribution in [3.8, 4) is 0 Å². The highest BCUT2D eigenvalue weighted by atomic mass is 32.2. The van der Waals surface area contributed by atoms with Gasteiger partial charge in [-0.05, 0) is 57.4 Å². The standard InChI is InChI=1S/C16H22N2OS/c1-11-13(10-12-6-5-9-18(12)2)16-14(17-11)7-4-8-15(16)20(3)19/h4,7-8,12,17H,5-6,9-10H2,1-3H3/t12-,20?/m1/s1/i2D3. The van der Waals surface area contributed by atoms with E-state index < -0.39 is 17.8 Å². The van der Waals surface area contributed by atoms with Gasteiger partial charge in [-0.15, -0.1) is 0 Å². The van der Waals surface area contributed by atoms with Gasteiger partial charge in [0, 0.05) is 37.9 Å². The second kappa shape index (κ2) is 5.34. The second-order valence-electron chi connectivity index (χ2n) is 5.55. The predicted molar refractivity (Wildman–Crippen MR) is 84.7 cm³/mol. The summed E-state index contributed by atoms with van der Waals surface area (Å²) in [7, 11) is -1.07. The zero-order valence-electron chi connectivity index (χ0n) is 14.9. The van der Waals surface area contributed by atoms with Gasteiger partial charge in [-0.1, -0.05) is 6.07 Å². The van der Waals surface area contributed by atoms with Crippen LogP contribution < -0.4 is 0 Å². The zero-order valence-corrected chi connectivity index (χ0v) is 12.7. The number of H-pyrrole nitrogens is 1. The molecule has 20 heavy (non-hydrogen) atoms. The number of hydrogen-bond donors (Lipinski definition) is 1. The van der Waals surface area contributed by atoms with Crippen LogP contribution >= 0.6 is 0 Å². The molecule has 2 heterocycles. The van der Waals surface area contributed by atoms with Crippen molar-refractivity contribution in [2.75, 3.05) is 19.8 Å². The minimum absolute atomic E-state index is 0.0125. The summed E-state index contributed by atoms with van der Waals surface area (Å²) in [5.74, 6) is 0. The first-order valence-electron chi connectivity index (χ1n) is 8.49. The number of aromatic amines is 1. The number of fused-ring (bicyclic) bond motifs is 1. The first kappa shape index (κ1) is 10.6. The van der Waals surface area contributed by atoms with Crippen LogP contribution in [0, 0.1) is 6.92 Å². The summed E-state index contributed by atoms with van der Waals surface area (Å²) in [6.07, 6.45) is 4.17. The lowest BCUT2D eigenvalue weighted by Gasteiger charge is -2.19. The molecule has 1 unspecified atom stereocenters. The maximum absolute atomic E-state index is 12.1. The second-order valence-corrected chi connectivity index (χ2v) is 6.90. The van der Waals surface area contributed by atoms with Gasteiger partial charge in [0.05, 0.1) is 10.8 Å². The van der Waals surface area contributed by atoms with E-state index in [2.05, 4.69) is 4.98 Å². The maximum Gasteiger partial charge on any atom is 0.0505 e. The maximum atomic E-state index is 12.1. The Morgan fingerprint density at radius 3 is 3.15 bits per heavy atom. The van der Waals surface area contributed by atoms with E-state index in [0.717, 1.165) is 39.9 Å². The third-order valence-corrected chi connectivity index (χ3v) is 5.19. The largest absolute Gasteiger partial charge is 0.358 e. The number of likely N-dealkylation sites (N-methyl/N-ethyl adjacent to an activating group) is 1. The predicted octanol–water partition coefficient (Wildman–Crippen LogP) is 2.85. The number of aromatic nitrogens is 1. The van der Waals surface area contributed by atoms with Crippen LogP contribution in [0.2, 0.25) is 0 Å². The number of nitrogens with zero attached hydrogens (tertiary/aromatic N) is 1. The van der Waals surface area contributed by atoms with Crippen LogP contribution in [-0.4, -0.2) is 39.9 Å². The van der Waals surface area contributed by atoms with E-state index in [0.29, 0.717) is 13.0 Å². The van der Waals surface area contributed by atoms with Crippen LogP contribution in [0.5, 0.6) is 0 Å². The molecular weight excluding hydrogens is 268 g/mol. The fraction of sp³-hybridized carbons (Fsp3) is 0.500. The molecule has 1 aliphatic rings. The Labute approximate surface area is 127 Å². The normalized spacial score (nSPS) is 24.5. The lowest BCUT2D eigenvalue weighted by Crippen LogP contribution is -2.27. The molecule has 3 nitrogen and oxygen atoms in total. The minimum Gasteiger partial charge on any atom is -0.358 e. The number of aryl methyl sites for hydroxylation is 1. The highest BCUT2D eigenvalue weighted by Crippen LogP contribution is 2.31. The topological polar surface area (TPSA) is 36.1 Å². The first-order chi connectivity index (χ1) is 10.8. The molecule has 4 heteroatoms. The Kier molecular flexibility index (Phi) is 2.82. The van der Waals surface area contributed by atoms with Crippen molar-refractivity contribution in [3.63, 3.8) is 0 Å². The molecule has 108 valence electrons. The van der Waals surface area contributed by atoms with Crippen molar-refractivity contribution < 1.29 is 8.32 Å². The Bertz CT molecular complexity index is 754. The van der Waals surface area contributed by atoms with Gasteiger partial charge < -0.3 is 9.88 Å². The van der Waals surface area contributed by atoms with Crippen molar-refractivity contribution in [3.05, 3.63) is 29.5 Å². The van der Waals surface area contributed by atoms with Gasteiger partial charge >= 0.3 is 0 Å². The molecular formula is C16H22N2OS. The third-order valence-electron chi connectivity index (χ3n) is 4.23. The molecule has 0 spiro atoms. The monoisotopic (exact) mass is 293 g/mol. The molecule has 0 bridgehead atoms. The summed E-state index contributed by atoms with van der Waals surface area (Å²) < 4.78 is 35.2. The van der Waals surface area contributed by atoms with Gasteiger partial charge in [-0.25, -0.2) is 0 Å². The molecule has 0 amide bonds. The van der Waals surface area contributed by atoms with Crippen LogP contribution in [-0.2, 0) is 17.2 Å². The number of rotatable bonds is 3. The third kappa shape index (κ3) is 2.31. The molecule has 2 atom stereocenters. The van der Waals surface area contributed by atoms with E-state index in [1.165, 1.54) is 0 Å². The van der Waals surface area contributed by atoms with Crippen molar-refractivity contribution >= 4 is 21.7 Å². The number of benzene rings is 1. The van der Waals surface area contributed by atoms with Gasteiger partial charge in [0.2, 0.25) is 0 Å². The summed E-state index contributed by atoms with van der Waals surface area (Å²) in [5, 5.41) is 1.00. The van der Waals surface area contributed by atoms with E-state index in [4.69, 9.17) is 4.11 Å².